The summed E-state index contributed by atoms with van der Waals surface area (Å²) >= 11 is 12.3. The van der Waals surface area contributed by atoms with Gasteiger partial charge in [-0.3, -0.25) is 4.79 Å². The molecule has 5 nitrogen and oxygen atoms in total. The molecule has 162 valence electrons. The lowest BCUT2D eigenvalue weighted by Crippen LogP contribution is -2.48. The lowest BCUT2D eigenvalue weighted by molar-refractivity contribution is 0.0746. The van der Waals surface area contributed by atoms with Gasteiger partial charge in [-0.15, -0.1) is 0 Å². The van der Waals surface area contributed by atoms with Crippen molar-refractivity contribution in [1.82, 2.24) is 9.88 Å². The summed E-state index contributed by atoms with van der Waals surface area (Å²) in [5, 5.41) is 1.20. The van der Waals surface area contributed by atoms with Crippen LogP contribution in [0.5, 0.6) is 5.75 Å². The summed E-state index contributed by atoms with van der Waals surface area (Å²) in [6, 6.07) is 16.4. The average Bonchev–Trinajstić information content (AvgIpc) is 2.82. The predicted octanol–water partition coefficient (Wildman–Crippen LogP) is 4.76. The Morgan fingerprint density at radius 2 is 1.72 bits per heavy atom. The Hall–Kier alpha value is -3.20. The van der Waals surface area contributed by atoms with Crippen molar-refractivity contribution in [3.8, 4) is 17.6 Å². The number of pyridine rings is 1. The lowest BCUT2D eigenvalue weighted by atomic mass is 10.1. The normalized spacial score (nSPS) is 13.3. The second kappa shape index (κ2) is 9.95. The summed E-state index contributed by atoms with van der Waals surface area (Å²) in [6.07, 6.45) is 1.69. The van der Waals surface area contributed by atoms with Gasteiger partial charge in [0.1, 0.15) is 11.4 Å². The van der Waals surface area contributed by atoms with Gasteiger partial charge in [0.2, 0.25) is 0 Å². The Bertz CT molecular complexity index is 1160. The van der Waals surface area contributed by atoms with Crippen LogP contribution in [0.25, 0.3) is 0 Å². The van der Waals surface area contributed by atoms with Gasteiger partial charge >= 0.3 is 0 Å². The second-order valence-corrected chi connectivity index (χ2v) is 8.16. The van der Waals surface area contributed by atoms with Gasteiger partial charge in [0, 0.05) is 53.7 Å². The number of methoxy groups -OCH3 is 1. The number of halogens is 2. The summed E-state index contributed by atoms with van der Waals surface area (Å²) in [4.78, 5) is 21.4. The molecule has 0 aliphatic carbocycles. The molecule has 2 aromatic carbocycles. The first-order chi connectivity index (χ1) is 15.5. The van der Waals surface area contributed by atoms with Gasteiger partial charge in [-0.25, -0.2) is 4.98 Å². The zero-order chi connectivity index (χ0) is 22.5. The highest BCUT2D eigenvalue weighted by Crippen LogP contribution is 2.27. The highest BCUT2D eigenvalue weighted by atomic mass is 35.5. The van der Waals surface area contributed by atoms with Crippen molar-refractivity contribution < 1.29 is 9.53 Å². The van der Waals surface area contributed by atoms with Crippen LogP contribution < -0.4 is 9.64 Å². The fourth-order valence-electron chi connectivity index (χ4n) is 3.58. The minimum Gasteiger partial charge on any atom is -0.495 e. The van der Waals surface area contributed by atoms with E-state index >= 15 is 0 Å². The van der Waals surface area contributed by atoms with E-state index in [1.54, 1.807) is 37.6 Å². The van der Waals surface area contributed by atoms with Crippen molar-refractivity contribution in [2.45, 2.75) is 0 Å². The van der Waals surface area contributed by atoms with Crippen LogP contribution in [0.2, 0.25) is 10.0 Å². The lowest BCUT2D eigenvalue weighted by Gasteiger charge is -2.36. The molecule has 1 fully saturated rings. The number of rotatable bonds is 3. The van der Waals surface area contributed by atoms with Gasteiger partial charge in [-0.05, 0) is 54.5 Å². The molecule has 1 saturated heterocycles. The monoisotopic (exact) mass is 465 g/mol. The highest BCUT2D eigenvalue weighted by molar-refractivity contribution is 6.35. The van der Waals surface area contributed by atoms with E-state index < -0.39 is 0 Å². The second-order valence-electron chi connectivity index (χ2n) is 7.29. The van der Waals surface area contributed by atoms with Crippen LogP contribution in [-0.4, -0.2) is 49.1 Å². The van der Waals surface area contributed by atoms with E-state index in [4.69, 9.17) is 27.9 Å². The molecule has 0 radical (unpaired) electrons. The highest BCUT2D eigenvalue weighted by Gasteiger charge is 2.23. The first-order valence-electron chi connectivity index (χ1n) is 10.1. The maximum atomic E-state index is 13.1. The molecule has 0 atom stereocenters. The van der Waals surface area contributed by atoms with E-state index in [0.717, 1.165) is 5.69 Å². The van der Waals surface area contributed by atoms with Crippen molar-refractivity contribution in [1.29, 1.82) is 0 Å². The number of hydrogen-bond donors (Lipinski definition) is 0. The number of carbonyl (C=O) groups excluding carboxylic acids is 1. The molecule has 1 aliphatic rings. The van der Waals surface area contributed by atoms with Crippen molar-refractivity contribution in [2.24, 2.45) is 0 Å². The Morgan fingerprint density at radius 3 is 2.38 bits per heavy atom. The standard InChI is InChI=1S/C25H21Cl2N3O2/c1-32-24-8-6-19(14-18(24)5-7-22-4-2-3-9-28-22)25(31)30-12-10-29(11-13-30)23-16-20(26)15-21(27)17-23/h2-4,6,8-9,14-17H,10-13H2,1H3. The molecule has 1 aromatic heterocycles. The molecule has 0 saturated carbocycles. The first kappa shape index (κ1) is 22.0. The minimum absolute atomic E-state index is 0.0303. The van der Waals surface area contributed by atoms with Crippen LogP contribution in [0.1, 0.15) is 21.6 Å². The van der Waals surface area contributed by atoms with Crippen molar-refractivity contribution in [3.05, 3.63) is 87.7 Å². The Labute approximate surface area is 197 Å². The number of anilines is 1. The van der Waals surface area contributed by atoms with Crippen LogP contribution in [0, 0.1) is 11.8 Å². The quantitative estimate of drug-likeness (QED) is 0.523. The minimum atomic E-state index is -0.0303. The van der Waals surface area contributed by atoms with Crippen molar-refractivity contribution in [2.75, 3.05) is 38.2 Å². The molecule has 0 N–H and O–H groups in total. The predicted molar refractivity (Wildman–Crippen MR) is 128 cm³/mol. The molecule has 0 spiro atoms. The molecule has 32 heavy (non-hydrogen) atoms. The molecule has 3 aromatic rings. The van der Waals surface area contributed by atoms with E-state index in [9.17, 15) is 4.79 Å². The Kier molecular flexibility index (Phi) is 6.84. The maximum absolute atomic E-state index is 13.1. The number of benzene rings is 2. The smallest absolute Gasteiger partial charge is 0.254 e. The molecule has 7 heteroatoms. The maximum Gasteiger partial charge on any atom is 0.254 e. The first-order valence-corrected chi connectivity index (χ1v) is 10.9. The van der Waals surface area contributed by atoms with Crippen LogP contribution >= 0.6 is 23.2 Å². The molecule has 0 unspecified atom stereocenters. The molecule has 1 aliphatic heterocycles. The van der Waals surface area contributed by atoms with Gasteiger partial charge in [0.25, 0.3) is 5.91 Å². The number of amides is 1. The summed E-state index contributed by atoms with van der Waals surface area (Å²) in [5.74, 6) is 6.68. The number of hydrogen-bond acceptors (Lipinski definition) is 4. The largest absolute Gasteiger partial charge is 0.495 e. The van der Waals surface area contributed by atoms with Gasteiger partial charge in [-0.1, -0.05) is 35.2 Å². The third kappa shape index (κ3) is 5.16. The topological polar surface area (TPSA) is 45.7 Å². The zero-order valence-corrected chi connectivity index (χ0v) is 19.0. The fourth-order valence-corrected chi connectivity index (χ4v) is 4.09. The Morgan fingerprint density at radius 1 is 0.969 bits per heavy atom. The van der Waals surface area contributed by atoms with Gasteiger partial charge in [0.05, 0.1) is 12.7 Å². The van der Waals surface area contributed by atoms with Crippen LogP contribution in [0.4, 0.5) is 5.69 Å². The number of nitrogens with zero attached hydrogens (tertiary/aromatic N) is 3. The molecular weight excluding hydrogens is 445 g/mol. The molecule has 2 heterocycles. The van der Waals surface area contributed by atoms with E-state index in [1.165, 1.54) is 0 Å². The van der Waals surface area contributed by atoms with Gasteiger partial charge in [-0.2, -0.15) is 0 Å². The van der Waals surface area contributed by atoms with E-state index in [0.29, 0.717) is 58.8 Å². The molecule has 0 bridgehead atoms. The summed E-state index contributed by atoms with van der Waals surface area (Å²) in [6.45, 7) is 2.60. The molecule has 1 amide bonds. The number of carbonyl (C=O) groups is 1. The average molecular weight is 466 g/mol. The SMILES string of the molecule is COc1ccc(C(=O)N2CCN(c3cc(Cl)cc(Cl)c3)CC2)cc1C#Cc1ccccn1. The number of aromatic nitrogens is 1. The third-order valence-corrected chi connectivity index (χ3v) is 5.65. The summed E-state index contributed by atoms with van der Waals surface area (Å²) in [5.41, 5.74) is 2.85. The number of ether oxygens (including phenoxy) is 1. The molecular formula is C25H21Cl2N3O2. The summed E-state index contributed by atoms with van der Waals surface area (Å²) < 4.78 is 5.42. The van der Waals surface area contributed by atoms with E-state index in [-0.39, 0.29) is 5.91 Å². The third-order valence-electron chi connectivity index (χ3n) is 5.22. The van der Waals surface area contributed by atoms with Crippen LogP contribution in [-0.2, 0) is 0 Å². The zero-order valence-electron chi connectivity index (χ0n) is 17.5. The van der Waals surface area contributed by atoms with Gasteiger partial charge in [0.15, 0.2) is 0 Å². The fraction of sp³-hybridized carbons (Fsp3) is 0.200. The number of piperazine rings is 1. The summed E-state index contributed by atoms with van der Waals surface area (Å²) in [7, 11) is 1.59. The molecule has 4 rings (SSSR count). The van der Waals surface area contributed by atoms with Crippen LogP contribution in [0.3, 0.4) is 0 Å². The van der Waals surface area contributed by atoms with Crippen molar-refractivity contribution >= 4 is 34.8 Å². The van der Waals surface area contributed by atoms with E-state index in [2.05, 4.69) is 21.7 Å². The Balaban J connectivity index is 1.48. The van der Waals surface area contributed by atoms with Gasteiger partial charge < -0.3 is 14.5 Å². The van der Waals surface area contributed by atoms with E-state index in [1.807, 2.05) is 35.2 Å². The van der Waals surface area contributed by atoms with Crippen molar-refractivity contribution in [3.63, 3.8) is 0 Å². The van der Waals surface area contributed by atoms with Crippen LogP contribution in [0.15, 0.2) is 60.8 Å².